The number of unbranched alkanes of at least 4 members (excludes halogenated alkanes) is 1. The maximum Gasteiger partial charge on any atom is 0.349 e. The van der Waals surface area contributed by atoms with E-state index in [9.17, 15) is 4.79 Å². The molecule has 2 atom stereocenters. The van der Waals surface area contributed by atoms with Crippen molar-refractivity contribution >= 4 is 12.0 Å². The van der Waals surface area contributed by atoms with Gasteiger partial charge < -0.3 is 14.2 Å². The Morgan fingerprint density at radius 2 is 1.95 bits per heavy atom. The molecule has 1 rings (SSSR count). The minimum absolute atomic E-state index is 0.438. The fourth-order valence-corrected chi connectivity index (χ4v) is 1.62. The van der Waals surface area contributed by atoms with Crippen LogP contribution in [0.2, 0.25) is 0 Å². The van der Waals surface area contributed by atoms with Crippen LogP contribution in [0.5, 0.6) is 5.75 Å². The van der Waals surface area contributed by atoms with E-state index in [2.05, 4.69) is 13.5 Å². The molecule has 0 radical (unpaired) electrons. The molecule has 21 heavy (non-hydrogen) atoms. The lowest BCUT2D eigenvalue weighted by Crippen LogP contribution is -2.30. The molecule has 116 valence electrons. The summed E-state index contributed by atoms with van der Waals surface area (Å²) in [5, 5.41) is 0. The van der Waals surface area contributed by atoms with Crippen molar-refractivity contribution in [3.63, 3.8) is 0 Å². The first-order chi connectivity index (χ1) is 10.1. The van der Waals surface area contributed by atoms with E-state index in [-0.39, 0.29) is 0 Å². The third-order valence-corrected chi connectivity index (χ3v) is 2.89. The average Bonchev–Trinajstić information content (AvgIpc) is 2.48. The van der Waals surface area contributed by atoms with Gasteiger partial charge in [0, 0.05) is 0 Å². The SMILES string of the molecule is C=Cc1ccc(OC(C)C(=O)OC(C)OCCCC)cc1. The van der Waals surface area contributed by atoms with Crippen molar-refractivity contribution in [3.05, 3.63) is 36.4 Å². The van der Waals surface area contributed by atoms with Crippen molar-refractivity contribution < 1.29 is 19.0 Å². The number of carbonyl (C=O) groups is 1. The second-order valence-corrected chi connectivity index (χ2v) is 4.76. The van der Waals surface area contributed by atoms with Gasteiger partial charge in [-0.1, -0.05) is 38.1 Å². The maximum atomic E-state index is 11.9. The molecule has 0 fully saturated rings. The normalized spacial score (nSPS) is 13.3. The van der Waals surface area contributed by atoms with Crippen molar-refractivity contribution in [1.29, 1.82) is 0 Å². The maximum absolute atomic E-state index is 11.9. The molecular formula is C17H24O4. The number of benzene rings is 1. The van der Waals surface area contributed by atoms with Crippen molar-refractivity contribution in [2.45, 2.75) is 46.0 Å². The molecule has 0 aliphatic heterocycles. The molecule has 1 aromatic carbocycles. The topological polar surface area (TPSA) is 44.8 Å². The van der Waals surface area contributed by atoms with Gasteiger partial charge in [-0.3, -0.25) is 0 Å². The standard InChI is InChI=1S/C17H24O4/c1-5-7-12-19-14(4)21-17(18)13(3)20-16-10-8-15(6-2)9-11-16/h6,8-11,13-14H,2,5,7,12H2,1,3-4H3. The summed E-state index contributed by atoms with van der Waals surface area (Å²) in [6.45, 7) is 9.71. The summed E-state index contributed by atoms with van der Waals surface area (Å²) in [5.41, 5.74) is 0.996. The molecule has 4 nitrogen and oxygen atoms in total. The molecule has 0 heterocycles. The molecular weight excluding hydrogens is 268 g/mol. The molecule has 0 amide bonds. The van der Waals surface area contributed by atoms with Gasteiger partial charge in [-0.25, -0.2) is 4.79 Å². The molecule has 0 saturated carbocycles. The number of esters is 1. The van der Waals surface area contributed by atoms with Gasteiger partial charge in [-0.2, -0.15) is 0 Å². The first-order valence-corrected chi connectivity index (χ1v) is 7.28. The Bertz CT molecular complexity index is 439. The van der Waals surface area contributed by atoms with E-state index < -0.39 is 18.4 Å². The zero-order valence-corrected chi connectivity index (χ0v) is 13.0. The van der Waals surface area contributed by atoms with Crippen LogP contribution in [0.15, 0.2) is 30.8 Å². The van der Waals surface area contributed by atoms with Gasteiger partial charge in [-0.15, -0.1) is 0 Å². The molecule has 0 aliphatic rings. The minimum atomic E-state index is -0.684. The van der Waals surface area contributed by atoms with Gasteiger partial charge >= 0.3 is 5.97 Å². The Balaban J connectivity index is 2.40. The Hall–Kier alpha value is -1.81. The summed E-state index contributed by atoms with van der Waals surface area (Å²) < 4.78 is 16.1. The third kappa shape index (κ3) is 6.45. The van der Waals surface area contributed by atoms with Crippen LogP contribution in [0.1, 0.15) is 39.2 Å². The molecule has 0 spiro atoms. The highest BCUT2D eigenvalue weighted by Crippen LogP contribution is 2.15. The Kier molecular flexibility index (Phi) is 7.54. The van der Waals surface area contributed by atoms with E-state index >= 15 is 0 Å². The van der Waals surface area contributed by atoms with Gasteiger partial charge in [-0.05, 0) is 38.0 Å². The molecule has 0 N–H and O–H groups in total. The van der Waals surface area contributed by atoms with Crippen LogP contribution >= 0.6 is 0 Å². The summed E-state index contributed by atoms with van der Waals surface area (Å²) >= 11 is 0. The van der Waals surface area contributed by atoms with E-state index in [0.29, 0.717) is 12.4 Å². The van der Waals surface area contributed by atoms with Crippen LogP contribution in [0.4, 0.5) is 0 Å². The van der Waals surface area contributed by atoms with E-state index in [0.717, 1.165) is 18.4 Å². The second-order valence-electron chi connectivity index (χ2n) is 4.76. The Morgan fingerprint density at radius 3 is 2.52 bits per heavy atom. The quantitative estimate of drug-likeness (QED) is 0.394. The molecule has 0 saturated heterocycles. The van der Waals surface area contributed by atoms with Gasteiger partial charge in [0.15, 0.2) is 12.4 Å². The number of carbonyl (C=O) groups excluding carboxylic acids is 1. The fraction of sp³-hybridized carbons (Fsp3) is 0.471. The van der Waals surface area contributed by atoms with Crippen LogP contribution in [-0.2, 0) is 14.3 Å². The Labute approximate surface area is 126 Å². The predicted molar refractivity (Wildman–Crippen MR) is 83.0 cm³/mol. The summed E-state index contributed by atoms with van der Waals surface area (Å²) in [4.78, 5) is 11.9. The highest BCUT2D eigenvalue weighted by atomic mass is 16.7. The van der Waals surface area contributed by atoms with Crippen molar-refractivity contribution in [1.82, 2.24) is 0 Å². The molecule has 2 unspecified atom stereocenters. The molecule has 0 aliphatic carbocycles. The highest BCUT2D eigenvalue weighted by Gasteiger charge is 2.19. The van der Waals surface area contributed by atoms with Crippen LogP contribution in [0.25, 0.3) is 6.08 Å². The number of hydrogen-bond donors (Lipinski definition) is 0. The smallest absolute Gasteiger partial charge is 0.349 e. The summed E-state index contributed by atoms with van der Waals surface area (Å²) in [6.07, 6.45) is 2.50. The fourth-order valence-electron chi connectivity index (χ4n) is 1.62. The van der Waals surface area contributed by atoms with E-state index in [1.807, 2.05) is 12.1 Å². The van der Waals surface area contributed by atoms with E-state index in [4.69, 9.17) is 14.2 Å². The van der Waals surface area contributed by atoms with Crippen LogP contribution in [0.3, 0.4) is 0 Å². The van der Waals surface area contributed by atoms with Gasteiger partial charge in [0.1, 0.15) is 5.75 Å². The Morgan fingerprint density at radius 1 is 1.29 bits per heavy atom. The van der Waals surface area contributed by atoms with Crippen LogP contribution < -0.4 is 4.74 Å². The summed E-state index contributed by atoms with van der Waals surface area (Å²) in [6, 6.07) is 7.33. The second kappa shape index (κ2) is 9.19. The highest BCUT2D eigenvalue weighted by molar-refractivity contribution is 5.74. The van der Waals surface area contributed by atoms with Gasteiger partial charge in [0.2, 0.25) is 0 Å². The molecule has 1 aromatic rings. The van der Waals surface area contributed by atoms with Gasteiger partial charge in [0.05, 0.1) is 6.61 Å². The van der Waals surface area contributed by atoms with E-state index in [1.54, 1.807) is 32.1 Å². The number of hydrogen-bond acceptors (Lipinski definition) is 4. The van der Waals surface area contributed by atoms with E-state index in [1.165, 1.54) is 0 Å². The monoisotopic (exact) mass is 292 g/mol. The number of rotatable bonds is 9. The molecule has 0 bridgehead atoms. The zero-order chi connectivity index (χ0) is 15.7. The third-order valence-electron chi connectivity index (χ3n) is 2.89. The lowest BCUT2D eigenvalue weighted by atomic mass is 10.2. The van der Waals surface area contributed by atoms with Crippen LogP contribution in [0, 0.1) is 0 Å². The van der Waals surface area contributed by atoms with Crippen molar-refractivity contribution in [2.24, 2.45) is 0 Å². The summed E-state index contributed by atoms with van der Waals surface area (Å²) in [7, 11) is 0. The lowest BCUT2D eigenvalue weighted by molar-refractivity contribution is -0.181. The lowest BCUT2D eigenvalue weighted by Gasteiger charge is -2.18. The van der Waals surface area contributed by atoms with Crippen molar-refractivity contribution in [2.75, 3.05) is 6.61 Å². The largest absolute Gasteiger partial charge is 0.479 e. The van der Waals surface area contributed by atoms with Gasteiger partial charge in [0.25, 0.3) is 0 Å². The summed E-state index contributed by atoms with van der Waals surface area (Å²) in [5.74, 6) is 0.177. The molecule has 4 heteroatoms. The average molecular weight is 292 g/mol. The predicted octanol–water partition coefficient (Wildman–Crippen LogP) is 3.80. The first-order valence-electron chi connectivity index (χ1n) is 7.28. The molecule has 0 aromatic heterocycles. The van der Waals surface area contributed by atoms with Crippen molar-refractivity contribution in [3.8, 4) is 5.75 Å². The zero-order valence-electron chi connectivity index (χ0n) is 13.0. The minimum Gasteiger partial charge on any atom is -0.479 e. The number of ether oxygens (including phenoxy) is 3. The first kappa shape index (κ1) is 17.2. The van der Waals surface area contributed by atoms with Crippen LogP contribution in [-0.4, -0.2) is 25.0 Å².